The highest BCUT2D eigenvalue weighted by molar-refractivity contribution is 6.30. The van der Waals surface area contributed by atoms with Gasteiger partial charge in [0.15, 0.2) is 0 Å². The summed E-state index contributed by atoms with van der Waals surface area (Å²) in [5, 5.41) is 15.5. The van der Waals surface area contributed by atoms with Crippen molar-refractivity contribution in [3.05, 3.63) is 64.6 Å². The van der Waals surface area contributed by atoms with Gasteiger partial charge in [-0.2, -0.15) is 10.1 Å². The molecule has 1 aromatic carbocycles. The molecule has 3 aromatic rings. The number of aromatic nitrogens is 4. The van der Waals surface area contributed by atoms with Crippen molar-refractivity contribution in [1.82, 2.24) is 19.7 Å². The third kappa shape index (κ3) is 3.69. The van der Waals surface area contributed by atoms with Crippen LogP contribution in [0, 0.1) is 5.41 Å². The zero-order valence-corrected chi connectivity index (χ0v) is 17.8. The van der Waals surface area contributed by atoms with Crippen LogP contribution in [0.25, 0.3) is 5.95 Å². The van der Waals surface area contributed by atoms with Gasteiger partial charge >= 0.3 is 0 Å². The molecule has 2 aromatic heterocycles. The maximum absolute atomic E-state index is 10.3. The highest BCUT2D eigenvalue weighted by Gasteiger charge is 2.49. The van der Waals surface area contributed by atoms with Crippen molar-refractivity contribution in [2.45, 2.75) is 25.9 Å². The van der Waals surface area contributed by atoms with Crippen molar-refractivity contribution in [3.8, 4) is 5.95 Å². The molecule has 4 heterocycles. The lowest BCUT2D eigenvalue weighted by Crippen LogP contribution is -2.66. The van der Waals surface area contributed by atoms with Gasteiger partial charge < -0.3 is 14.7 Å². The fraction of sp³-hybridized carbons (Fsp3) is 0.409. The van der Waals surface area contributed by atoms with E-state index in [0.29, 0.717) is 28.5 Å². The summed E-state index contributed by atoms with van der Waals surface area (Å²) in [4.78, 5) is 11.8. The lowest BCUT2D eigenvalue weighted by atomic mass is 9.78. The summed E-state index contributed by atoms with van der Waals surface area (Å²) in [6, 6.07) is 11.6. The van der Waals surface area contributed by atoms with Crippen LogP contribution in [-0.2, 0) is 16.8 Å². The first-order chi connectivity index (χ1) is 14.3. The van der Waals surface area contributed by atoms with Crippen LogP contribution in [0.15, 0.2) is 42.6 Å². The van der Waals surface area contributed by atoms with E-state index in [1.807, 2.05) is 30.3 Å². The summed E-state index contributed by atoms with van der Waals surface area (Å²) < 4.78 is 7.03. The van der Waals surface area contributed by atoms with Gasteiger partial charge in [-0.15, -0.1) is 0 Å². The number of benzene rings is 1. The van der Waals surface area contributed by atoms with Gasteiger partial charge in [-0.3, -0.25) is 0 Å². The zero-order chi connectivity index (χ0) is 20.9. The lowest BCUT2D eigenvalue weighted by Gasteiger charge is -2.55. The smallest absolute Gasteiger partial charge is 0.252 e. The van der Waals surface area contributed by atoms with E-state index in [9.17, 15) is 5.11 Å². The van der Waals surface area contributed by atoms with Gasteiger partial charge in [0.2, 0.25) is 0 Å². The minimum Gasteiger partial charge on any atom is -0.384 e. The zero-order valence-electron chi connectivity index (χ0n) is 17.0. The van der Waals surface area contributed by atoms with E-state index < -0.39 is 5.60 Å². The number of hydrogen-bond acceptors (Lipinski definition) is 6. The summed E-state index contributed by atoms with van der Waals surface area (Å²) in [6.45, 7) is 6.96. The second kappa shape index (κ2) is 7.04. The molecule has 0 atom stereocenters. The Labute approximate surface area is 180 Å². The van der Waals surface area contributed by atoms with Crippen LogP contribution < -0.4 is 4.90 Å². The van der Waals surface area contributed by atoms with E-state index in [-0.39, 0.29) is 0 Å². The van der Waals surface area contributed by atoms with Gasteiger partial charge in [0, 0.05) is 36.8 Å². The Kier molecular flexibility index (Phi) is 4.57. The largest absolute Gasteiger partial charge is 0.384 e. The molecular formula is C22H24ClN5O2. The molecule has 5 rings (SSSR count). The number of aliphatic hydroxyl groups is 1. The van der Waals surface area contributed by atoms with Gasteiger partial charge in [0.05, 0.1) is 30.0 Å². The number of hydrogen-bond donors (Lipinski definition) is 1. The van der Waals surface area contributed by atoms with E-state index in [2.05, 4.69) is 10.00 Å². The molecular weight excluding hydrogens is 402 g/mol. The SMILES string of the molecule is CC(C)(O)c1ccn(-c2nc(Cc3ccc(Cl)cc3)cc(N3CC4(COC4)C3)n2)n1. The Balaban J connectivity index is 1.48. The summed E-state index contributed by atoms with van der Waals surface area (Å²) in [5.74, 6) is 1.39. The molecule has 0 amide bonds. The van der Waals surface area contributed by atoms with Crippen LogP contribution in [0.5, 0.6) is 0 Å². The first kappa shape index (κ1) is 19.5. The predicted octanol–water partition coefficient (Wildman–Crippen LogP) is 2.97. The van der Waals surface area contributed by atoms with E-state index in [4.69, 9.17) is 26.3 Å². The Morgan fingerprint density at radius 3 is 2.47 bits per heavy atom. The topological polar surface area (TPSA) is 76.3 Å². The molecule has 0 bridgehead atoms. The van der Waals surface area contributed by atoms with Gasteiger partial charge in [-0.25, -0.2) is 9.67 Å². The van der Waals surface area contributed by atoms with Crippen molar-refractivity contribution in [1.29, 1.82) is 0 Å². The Morgan fingerprint density at radius 2 is 1.87 bits per heavy atom. The van der Waals surface area contributed by atoms with Gasteiger partial charge in [-0.1, -0.05) is 23.7 Å². The number of ether oxygens (including phenoxy) is 1. The fourth-order valence-corrected chi connectivity index (χ4v) is 4.02. The average molecular weight is 426 g/mol. The highest BCUT2D eigenvalue weighted by Crippen LogP contribution is 2.39. The van der Waals surface area contributed by atoms with Crippen molar-refractivity contribution in [2.75, 3.05) is 31.2 Å². The molecule has 2 aliphatic heterocycles. The highest BCUT2D eigenvalue weighted by atomic mass is 35.5. The third-order valence-corrected chi connectivity index (χ3v) is 5.92. The van der Waals surface area contributed by atoms with E-state index in [0.717, 1.165) is 43.4 Å². The Morgan fingerprint density at radius 1 is 1.13 bits per heavy atom. The first-order valence-electron chi connectivity index (χ1n) is 10.0. The summed E-state index contributed by atoms with van der Waals surface area (Å²) >= 11 is 6.02. The predicted molar refractivity (Wildman–Crippen MR) is 114 cm³/mol. The molecule has 2 fully saturated rings. The molecule has 30 heavy (non-hydrogen) atoms. The van der Waals surface area contributed by atoms with Crippen LogP contribution in [0.2, 0.25) is 5.02 Å². The van der Waals surface area contributed by atoms with Gasteiger partial charge in [0.1, 0.15) is 11.4 Å². The van der Waals surface area contributed by atoms with Crippen molar-refractivity contribution in [3.63, 3.8) is 0 Å². The van der Waals surface area contributed by atoms with Crippen LogP contribution in [-0.4, -0.2) is 51.2 Å². The third-order valence-electron chi connectivity index (χ3n) is 5.67. The van der Waals surface area contributed by atoms with E-state index in [1.54, 1.807) is 30.8 Å². The molecule has 7 nitrogen and oxygen atoms in total. The fourth-order valence-electron chi connectivity index (χ4n) is 3.90. The van der Waals surface area contributed by atoms with Crippen molar-refractivity contribution < 1.29 is 9.84 Å². The maximum Gasteiger partial charge on any atom is 0.252 e. The van der Waals surface area contributed by atoms with Gasteiger partial charge in [0.25, 0.3) is 5.95 Å². The minimum atomic E-state index is -1.02. The molecule has 0 unspecified atom stereocenters. The molecule has 1 N–H and O–H groups in total. The average Bonchev–Trinajstić information content (AvgIpc) is 3.12. The molecule has 0 radical (unpaired) electrons. The molecule has 1 spiro atoms. The number of rotatable bonds is 5. The van der Waals surface area contributed by atoms with Gasteiger partial charge in [-0.05, 0) is 37.6 Å². The van der Waals surface area contributed by atoms with Crippen molar-refractivity contribution in [2.24, 2.45) is 5.41 Å². The monoisotopic (exact) mass is 425 g/mol. The second-order valence-electron chi connectivity index (χ2n) is 8.87. The molecule has 2 saturated heterocycles. The van der Waals surface area contributed by atoms with Crippen LogP contribution in [0.4, 0.5) is 5.82 Å². The number of nitrogens with zero attached hydrogens (tertiary/aromatic N) is 5. The molecule has 0 aliphatic carbocycles. The summed E-state index contributed by atoms with van der Waals surface area (Å²) in [7, 11) is 0. The minimum absolute atomic E-state index is 0.293. The lowest BCUT2D eigenvalue weighted by molar-refractivity contribution is -0.127. The standard InChI is InChI=1S/C22H24ClN5O2/c1-21(2,29)18-7-8-28(26-18)20-24-17(9-15-3-5-16(23)6-4-15)10-19(25-20)27-11-22(12-27)13-30-14-22/h3-8,10,29H,9,11-14H2,1-2H3. The quantitative estimate of drug-likeness (QED) is 0.677. The molecule has 8 heteroatoms. The number of anilines is 1. The van der Waals surface area contributed by atoms with E-state index in [1.165, 1.54) is 0 Å². The van der Waals surface area contributed by atoms with Crippen LogP contribution in [0.3, 0.4) is 0 Å². The molecule has 2 aliphatic rings. The normalized spacial score (nSPS) is 17.7. The summed E-state index contributed by atoms with van der Waals surface area (Å²) in [5.41, 5.74) is 1.87. The Bertz CT molecular complexity index is 1060. The molecule has 0 saturated carbocycles. The van der Waals surface area contributed by atoms with E-state index >= 15 is 0 Å². The van der Waals surface area contributed by atoms with Crippen molar-refractivity contribution >= 4 is 17.4 Å². The first-order valence-corrected chi connectivity index (χ1v) is 10.4. The van der Waals surface area contributed by atoms with Crippen LogP contribution in [0.1, 0.15) is 30.8 Å². The van der Waals surface area contributed by atoms with Crippen LogP contribution >= 0.6 is 11.6 Å². The maximum atomic E-state index is 10.3. The molecule has 156 valence electrons. The second-order valence-corrected chi connectivity index (χ2v) is 9.31. The summed E-state index contributed by atoms with van der Waals surface area (Å²) in [6.07, 6.45) is 2.46. The number of halogens is 1. The Hall–Kier alpha value is -2.48.